The minimum atomic E-state index is 0.359. The Morgan fingerprint density at radius 1 is 1.50 bits per heavy atom. The van der Waals surface area contributed by atoms with Gasteiger partial charge in [-0.05, 0) is 40.3 Å². The molecule has 0 aromatic heterocycles. The highest BCUT2D eigenvalue weighted by Crippen LogP contribution is 2.00. The molecule has 3 heteroatoms. The maximum Gasteiger partial charge on any atom is 0.0596 e. The fourth-order valence-corrected chi connectivity index (χ4v) is 1.81. The second-order valence-electron chi connectivity index (χ2n) is 4.43. The molecular formula is C11H24N2O. The van der Waals surface area contributed by atoms with Crippen LogP contribution in [0.1, 0.15) is 27.2 Å². The summed E-state index contributed by atoms with van der Waals surface area (Å²) in [6.07, 6.45) is 1.61. The van der Waals surface area contributed by atoms with Crippen LogP contribution >= 0.6 is 0 Å². The Bertz CT molecular complexity index is 150. The van der Waals surface area contributed by atoms with Crippen molar-refractivity contribution in [2.75, 3.05) is 32.8 Å². The van der Waals surface area contributed by atoms with Gasteiger partial charge in [-0.2, -0.15) is 0 Å². The van der Waals surface area contributed by atoms with Gasteiger partial charge in [0.1, 0.15) is 0 Å². The van der Waals surface area contributed by atoms with Gasteiger partial charge in [-0.1, -0.05) is 0 Å². The summed E-state index contributed by atoms with van der Waals surface area (Å²) in [7, 11) is 0. The van der Waals surface area contributed by atoms with Gasteiger partial charge in [-0.25, -0.2) is 0 Å². The van der Waals surface area contributed by atoms with Crippen molar-refractivity contribution in [1.29, 1.82) is 0 Å². The van der Waals surface area contributed by atoms with E-state index in [9.17, 15) is 0 Å². The lowest BCUT2D eigenvalue weighted by Crippen LogP contribution is -2.37. The van der Waals surface area contributed by atoms with E-state index < -0.39 is 0 Å². The quantitative estimate of drug-likeness (QED) is 0.735. The summed E-state index contributed by atoms with van der Waals surface area (Å²) in [5, 5.41) is 3.49. The van der Waals surface area contributed by atoms with Crippen LogP contribution in [0.5, 0.6) is 0 Å². The van der Waals surface area contributed by atoms with Gasteiger partial charge in [-0.15, -0.1) is 0 Å². The van der Waals surface area contributed by atoms with E-state index >= 15 is 0 Å². The fourth-order valence-electron chi connectivity index (χ4n) is 1.81. The Labute approximate surface area is 87.8 Å². The molecule has 1 unspecified atom stereocenters. The highest BCUT2D eigenvalue weighted by atomic mass is 16.5. The smallest absolute Gasteiger partial charge is 0.0596 e. The zero-order chi connectivity index (χ0) is 10.4. The third kappa shape index (κ3) is 4.94. The first-order chi connectivity index (χ1) is 6.68. The van der Waals surface area contributed by atoms with E-state index in [0.717, 1.165) is 26.2 Å². The summed E-state index contributed by atoms with van der Waals surface area (Å²) < 4.78 is 5.56. The second kappa shape index (κ2) is 6.38. The van der Waals surface area contributed by atoms with E-state index in [1.807, 2.05) is 0 Å². The zero-order valence-electron chi connectivity index (χ0n) is 9.75. The van der Waals surface area contributed by atoms with E-state index in [2.05, 4.69) is 31.0 Å². The standard InChI is InChI=1S/C11H24N2O/c1-10(2)14-8-7-13-6-4-5-12-11(3)9-13/h10-12H,4-9H2,1-3H3. The Morgan fingerprint density at radius 2 is 2.29 bits per heavy atom. The lowest BCUT2D eigenvalue weighted by atomic mass is 10.3. The van der Waals surface area contributed by atoms with Crippen molar-refractivity contribution in [1.82, 2.24) is 10.2 Å². The molecule has 1 aliphatic heterocycles. The maximum atomic E-state index is 5.56. The Morgan fingerprint density at radius 3 is 3.00 bits per heavy atom. The summed E-state index contributed by atoms with van der Waals surface area (Å²) in [5.74, 6) is 0. The van der Waals surface area contributed by atoms with Crippen LogP contribution in [0.4, 0.5) is 0 Å². The molecule has 0 aromatic rings. The molecule has 1 saturated heterocycles. The predicted octanol–water partition coefficient (Wildman–Crippen LogP) is 1.10. The second-order valence-corrected chi connectivity index (χ2v) is 4.43. The molecule has 3 nitrogen and oxygen atoms in total. The van der Waals surface area contributed by atoms with Crippen molar-refractivity contribution in [3.63, 3.8) is 0 Å². The topological polar surface area (TPSA) is 24.5 Å². The van der Waals surface area contributed by atoms with Crippen LogP contribution in [0.3, 0.4) is 0 Å². The highest BCUT2D eigenvalue weighted by molar-refractivity contribution is 4.72. The monoisotopic (exact) mass is 200 g/mol. The van der Waals surface area contributed by atoms with Crippen LogP contribution in [0, 0.1) is 0 Å². The van der Waals surface area contributed by atoms with E-state index in [-0.39, 0.29) is 0 Å². The van der Waals surface area contributed by atoms with E-state index in [0.29, 0.717) is 12.1 Å². The van der Waals surface area contributed by atoms with Gasteiger partial charge in [0.05, 0.1) is 12.7 Å². The normalized spacial score (nSPS) is 25.3. The summed E-state index contributed by atoms with van der Waals surface area (Å²) in [5.41, 5.74) is 0. The average Bonchev–Trinajstić information content (AvgIpc) is 2.29. The molecular weight excluding hydrogens is 176 g/mol. The van der Waals surface area contributed by atoms with E-state index in [1.165, 1.54) is 13.0 Å². The van der Waals surface area contributed by atoms with Gasteiger partial charge in [0.25, 0.3) is 0 Å². The summed E-state index contributed by atoms with van der Waals surface area (Å²) in [6, 6.07) is 0.622. The van der Waals surface area contributed by atoms with Crippen molar-refractivity contribution < 1.29 is 4.74 Å². The zero-order valence-corrected chi connectivity index (χ0v) is 9.75. The molecule has 1 N–H and O–H groups in total. The Balaban J connectivity index is 2.15. The van der Waals surface area contributed by atoms with Crippen molar-refractivity contribution in [2.24, 2.45) is 0 Å². The van der Waals surface area contributed by atoms with Crippen LogP contribution in [-0.4, -0.2) is 49.8 Å². The molecule has 1 fully saturated rings. The molecule has 1 aliphatic rings. The first kappa shape index (κ1) is 12.0. The van der Waals surface area contributed by atoms with Gasteiger partial charge in [-0.3, -0.25) is 4.90 Å². The third-order valence-corrected chi connectivity index (χ3v) is 2.53. The van der Waals surface area contributed by atoms with Gasteiger partial charge in [0.2, 0.25) is 0 Å². The molecule has 0 aromatic carbocycles. The molecule has 1 rings (SSSR count). The van der Waals surface area contributed by atoms with Crippen molar-refractivity contribution in [3.8, 4) is 0 Å². The minimum absolute atomic E-state index is 0.359. The number of hydrogen-bond donors (Lipinski definition) is 1. The Hall–Kier alpha value is -0.120. The molecule has 1 heterocycles. The molecule has 84 valence electrons. The molecule has 14 heavy (non-hydrogen) atoms. The first-order valence-corrected chi connectivity index (χ1v) is 5.76. The van der Waals surface area contributed by atoms with E-state index in [1.54, 1.807) is 0 Å². The van der Waals surface area contributed by atoms with Gasteiger partial charge < -0.3 is 10.1 Å². The molecule has 0 saturated carbocycles. The number of nitrogens with one attached hydrogen (secondary N) is 1. The third-order valence-electron chi connectivity index (χ3n) is 2.53. The molecule has 0 spiro atoms. The average molecular weight is 200 g/mol. The van der Waals surface area contributed by atoms with E-state index in [4.69, 9.17) is 4.74 Å². The predicted molar refractivity (Wildman–Crippen MR) is 59.6 cm³/mol. The number of rotatable bonds is 4. The lowest BCUT2D eigenvalue weighted by molar-refractivity contribution is 0.0590. The molecule has 1 atom stereocenters. The molecule has 0 bridgehead atoms. The van der Waals surface area contributed by atoms with Gasteiger partial charge in [0.15, 0.2) is 0 Å². The Kier molecular flexibility index (Phi) is 5.45. The van der Waals surface area contributed by atoms with Crippen LogP contribution in [-0.2, 0) is 4.74 Å². The lowest BCUT2D eigenvalue weighted by Gasteiger charge is -2.22. The summed E-state index contributed by atoms with van der Waals surface area (Å²) in [4.78, 5) is 2.49. The highest BCUT2D eigenvalue weighted by Gasteiger charge is 2.13. The van der Waals surface area contributed by atoms with Crippen molar-refractivity contribution in [2.45, 2.75) is 39.3 Å². The first-order valence-electron chi connectivity index (χ1n) is 5.76. The number of ether oxygens (including phenoxy) is 1. The van der Waals surface area contributed by atoms with Gasteiger partial charge >= 0.3 is 0 Å². The van der Waals surface area contributed by atoms with Crippen LogP contribution < -0.4 is 5.32 Å². The molecule has 0 aliphatic carbocycles. The van der Waals surface area contributed by atoms with Crippen molar-refractivity contribution >= 4 is 0 Å². The summed E-state index contributed by atoms with van der Waals surface area (Å²) in [6.45, 7) is 11.9. The van der Waals surface area contributed by atoms with Crippen LogP contribution in [0.2, 0.25) is 0 Å². The largest absolute Gasteiger partial charge is 0.377 e. The minimum Gasteiger partial charge on any atom is -0.377 e. The SMILES string of the molecule is CC1CN(CCOC(C)C)CCCN1. The van der Waals surface area contributed by atoms with Gasteiger partial charge in [0, 0.05) is 19.1 Å². The molecule has 0 radical (unpaired) electrons. The maximum absolute atomic E-state index is 5.56. The number of hydrogen-bond acceptors (Lipinski definition) is 3. The van der Waals surface area contributed by atoms with Crippen molar-refractivity contribution in [3.05, 3.63) is 0 Å². The van der Waals surface area contributed by atoms with Crippen LogP contribution in [0.15, 0.2) is 0 Å². The number of nitrogens with zero attached hydrogens (tertiary/aromatic N) is 1. The van der Waals surface area contributed by atoms with Crippen LogP contribution in [0.25, 0.3) is 0 Å². The summed E-state index contributed by atoms with van der Waals surface area (Å²) >= 11 is 0. The molecule has 0 amide bonds. The fraction of sp³-hybridized carbons (Fsp3) is 1.00.